The zero-order valence-electron chi connectivity index (χ0n) is 14.5. The SMILES string of the molecule is O=C(CCNc1ccccc1[N+](=O)[O-])N(Cc1c(F)cccc1Cl)C1CC1. The number of carbonyl (C=O) groups is 1. The van der Waals surface area contributed by atoms with E-state index in [9.17, 15) is 19.3 Å². The molecule has 6 nitrogen and oxygen atoms in total. The van der Waals surface area contributed by atoms with Crippen LogP contribution in [0.5, 0.6) is 0 Å². The Morgan fingerprint density at radius 2 is 2.00 bits per heavy atom. The van der Waals surface area contributed by atoms with Crippen LogP contribution in [0.25, 0.3) is 0 Å². The summed E-state index contributed by atoms with van der Waals surface area (Å²) >= 11 is 6.08. The topological polar surface area (TPSA) is 75.5 Å². The lowest BCUT2D eigenvalue weighted by molar-refractivity contribution is -0.384. The van der Waals surface area contributed by atoms with Crippen LogP contribution in [-0.4, -0.2) is 28.3 Å². The Kier molecular flexibility index (Phi) is 5.91. The average Bonchev–Trinajstić information content (AvgIpc) is 3.46. The van der Waals surface area contributed by atoms with Gasteiger partial charge in [0.15, 0.2) is 0 Å². The fraction of sp³-hybridized carbons (Fsp3) is 0.316. The highest BCUT2D eigenvalue weighted by atomic mass is 35.5. The molecule has 0 bridgehead atoms. The Labute approximate surface area is 161 Å². The van der Waals surface area contributed by atoms with Crippen LogP contribution < -0.4 is 5.32 Å². The van der Waals surface area contributed by atoms with Gasteiger partial charge in [0.1, 0.15) is 11.5 Å². The molecule has 2 aromatic rings. The number of amides is 1. The molecule has 1 N–H and O–H groups in total. The van der Waals surface area contributed by atoms with Crippen LogP contribution >= 0.6 is 11.6 Å². The largest absolute Gasteiger partial charge is 0.379 e. The molecule has 0 atom stereocenters. The molecule has 1 aliphatic carbocycles. The maximum Gasteiger partial charge on any atom is 0.292 e. The van der Waals surface area contributed by atoms with Crippen molar-refractivity contribution in [3.05, 3.63) is 69.0 Å². The second kappa shape index (κ2) is 8.35. The summed E-state index contributed by atoms with van der Waals surface area (Å²) in [5, 5.41) is 14.3. The number of carbonyl (C=O) groups excluding carboxylic acids is 1. The molecule has 27 heavy (non-hydrogen) atoms. The summed E-state index contributed by atoms with van der Waals surface area (Å²) in [6.07, 6.45) is 1.92. The summed E-state index contributed by atoms with van der Waals surface area (Å²) in [5.41, 5.74) is 0.638. The van der Waals surface area contributed by atoms with Crippen molar-refractivity contribution in [2.24, 2.45) is 0 Å². The maximum absolute atomic E-state index is 14.1. The molecule has 0 spiro atoms. The molecule has 0 aromatic heterocycles. The summed E-state index contributed by atoms with van der Waals surface area (Å²) < 4.78 is 14.1. The third-order valence-corrected chi connectivity index (χ3v) is 4.81. The first kappa shape index (κ1) is 19.1. The molecule has 3 rings (SSSR count). The molecular formula is C19H19ClFN3O3. The van der Waals surface area contributed by atoms with Gasteiger partial charge in [0.2, 0.25) is 5.91 Å². The minimum atomic E-state index is -0.471. The Hall–Kier alpha value is -2.67. The Morgan fingerprint density at radius 1 is 1.26 bits per heavy atom. The maximum atomic E-state index is 14.1. The Bertz CT molecular complexity index is 838. The first-order valence-electron chi connectivity index (χ1n) is 8.67. The number of hydrogen-bond donors (Lipinski definition) is 1. The standard InChI is InChI=1S/C19H19ClFN3O3/c20-15-4-3-5-16(21)14(15)12-23(13-8-9-13)19(25)10-11-22-17-6-1-2-7-18(17)24(26)27/h1-7,13,22H,8-12H2. The number of rotatable bonds is 8. The first-order chi connectivity index (χ1) is 13.0. The van der Waals surface area contributed by atoms with E-state index in [1.54, 1.807) is 29.2 Å². The number of nitro benzene ring substituents is 1. The fourth-order valence-corrected chi connectivity index (χ4v) is 3.11. The number of halogens is 2. The molecule has 1 amide bonds. The van der Waals surface area contributed by atoms with Gasteiger partial charge >= 0.3 is 0 Å². The van der Waals surface area contributed by atoms with Gasteiger partial charge in [-0.05, 0) is 31.0 Å². The van der Waals surface area contributed by atoms with Crippen molar-refractivity contribution >= 4 is 28.9 Å². The number of nitrogens with one attached hydrogen (secondary N) is 1. The second-order valence-corrected chi connectivity index (χ2v) is 6.81. The number of nitrogens with zero attached hydrogens (tertiary/aromatic N) is 2. The van der Waals surface area contributed by atoms with Gasteiger partial charge in [-0.25, -0.2) is 4.39 Å². The van der Waals surface area contributed by atoms with Crippen molar-refractivity contribution in [1.29, 1.82) is 0 Å². The number of anilines is 1. The lowest BCUT2D eigenvalue weighted by Crippen LogP contribution is -2.34. The van der Waals surface area contributed by atoms with E-state index >= 15 is 0 Å². The molecule has 0 aliphatic heterocycles. The van der Waals surface area contributed by atoms with Crippen molar-refractivity contribution in [1.82, 2.24) is 4.90 Å². The van der Waals surface area contributed by atoms with Crippen molar-refractivity contribution < 1.29 is 14.1 Å². The molecule has 0 unspecified atom stereocenters. The van der Waals surface area contributed by atoms with Crippen LogP contribution in [0, 0.1) is 15.9 Å². The van der Waals surface area contributed by atoms with Crippen LogP contribution in [0.15, 0.2) is 42.5 Å². The molecule has 142 valence electrons. The summed E-state index contributed by atoms with van der Waals surface area (Å²) in [6.45, 7) is 0.373. The highest BCUT2D eigenvalue weighted by Crippen LogP contribution is 2.31. The minimum absolute atomic E-state index is 0.0397. The van der Waals surface area contributed by atoms with E-state index in [0.29, 0.717) is 16.3 Å². The van der Waals surface area contributed by atoms with E-state index in [2.05, 4.69) is 5.32 Å². The third kappa shape index (κ3) is 4.74. The molecule has 2 aromatic carbocycles. The van der Waals surface area contributed by atoms with Crippen molar-refractivity contribution in [3.8, 4) is 0 Å². The highest BCUT2D eigenvalue weighted by molar-refractivity contribution is 6.31. The van der Waals surface area contributed by atoms with Crippen molar-refractivity contribution in [3.63, 3.8) is 0 Å². The predicted molar refractivity (Wildman–Crippen MR) is 101 cm³/mol. The summed E-state index contributed by atoms with van der Waals surface area (Å²) in [7, 11) is 0. The van der Waals surface area contributed by atoms with Gasteiger partial charge in [0, 0.05) is 35.7 Å². The van der Waals surface area contributed by atoms with E-state index in [1.807, 2.05) is 0 Å². The lowest BCUT2D eigenvalue weighted by atomic mass is 10.2. The smallest absolute Gasteiger partial charge is 0.292 e. The number of benzene rings is 2. The zero-order chi connectivity index (χ0) is 19.4. The van der Waals surface area contributed by atoms with E-state index in [1.165, 1.54) is 18.2 Å². The van der Waals surface area contributed by atoms with Crippen LogP contribution in [0.3, 0.4) is 0 Å². The van der Waals surface area contributed by atoms with E-state index < -0.39 is 10.7 Å². The first-order valence-corrected chi connectivity index (χ1v) is 9.05. The molecule has 1 saturated carbocycles. The number of nitro groups is 1. The fourth-order valence-electron chi connectivity index (χ4n) is 2.89. The van der Waals surface area contributed by atoms with Gasteiger partial charge < -0.3 is 10.2 Å². The van der Waals surface area contributed by atoms with Crippen molar-refractivity contribution in [2.45, 2.75) is 31.8 Å². The van der Waals surface area contributed by atoms with E-state index in [0.717, 1.165) is 12.8 Å². The van der Waals surface area contributed by atoms with Gasteiger partial charge in [-0.15, -0.1) is 0 Å². The third-order valence-electron chi connectivity index (χ3n) is 4.45. The predicted octanol–water partition coefficient (Wildman–Crippen LogP) is 4.38. The van der Waals surface area contributed by atoms with Crippen LogP contribution in [0.2, 0.25) is 5.02 Å². The molecule has 0 saturated heterocycles. The Balaban J connectivity index is 1.63. The van der Waals surface area contributed by atoms with Gasteiger partial charge in [-0.1, -0.05) is 29.8 Å². The van der Waals surface area contributed by atoms with Gasteiger partial charge in [0.05, 0.1) is 11.5 Å². The van der Waals surface area contributed by atoms with Gasteiger partial charge in [-0.3, -0.25) is 14.9 Å². The summed E-state index contributed by atoms with van der Waals surface area (Å²) in [6, 6.07) is 10.8. The molecule has 8 heteroatoms. The quantitative estimate of drug-likeness (QED) is 0.535. The second-order valence-electron chi connectivity index (χ2n) is 6.40. The average molecular weight is 392 g/mol. The molecule has 0 radical (unpaired) electrons. The van der Waals surface area contributed by atoms with E-state index in [-0.39, 0.29) is 37.1 Å². The zero-order valence-corrected chi connectivity index (χ0v) is 15.3. The monoisotopic (exact) mass is 391 g/mol. The summed E-state index contributed by atoms with van der Waals surface area (Å²) in [5.74, 6) is -0.568. The number of para-hydroxylation sites is 2. The minimum Gasteiger partial charge on any atom is -0.379 e. The number of hydrogen-bond acceptors (Lipinski definition) is 4. The molecular weight excluding hydrogens is 373 g/mol. The van der Waals surface area contributed by atoms with Crippen LogP contribution in [0.1, 0.15) is 24.8 Å². The van der Waals surface area contributed by atoms with E-state index in [4.69, 9.17) is 11.6 Å². The molecule has 1 aliphatic rings. The van der Waals surface area contributed by atoms with Crippen LogP contribution in [-0.2, 0) is 11.3 Å². The Morgan fingerprint density at radius 3 is 2.67 bits per heavy atom. The normalized spacial score (nSPS) is 13.3. The van der Waals surface area contributed by atoms with Gasteiger partial charge in [0.25, 0.3) is 5.69 Å². The molecule has 0 heterocycles. The van der Waals surface area contributed by atoms with Gasteiger partial charge in [-0.2, -0.15) is 0 Å². The highest BCUT2D eigenvalue weighted by Gasteiger charge is 2.33. The summed E-state index contributed by atoms with van der Waals surface area (Å²) in [4.78, 5) is 24.9. The van der Waals surface area contributed by atoms with Crippen molar-refractivity contribution in [2.75, 3.05) is 11.9 Å². The van der Waals surface area contributed by atoms with Crippen LogP contribution in [0.4, 0.5) is 15.8 Å². The molecule has 1 fully saturated rings. The lowest BCUT2D eigenvalue weighted by Gasteiger charge is -2.23.